The van der Waals surface area contributed by atoms with E-state index in [1.165, 1.54) is 5.56 Å². The van der Waals surface area contributed by atoms with Crippen molar-refractivity contribution >= 4 is 0 Å². The first-order valence-corrected chi connectivity index (χ1v) is 5.20. The molecule has 3 heteroatoms. The quantitative estimate of drug-likeness (QED) is 0.798. The number of nitrogens with one attached hydrogen (secondary N) is 1. The van der Waals surface area contributed by atoms with Gasteiger partial charge >= 0.3 is 0 Å². The van der Waals surface area contributed by atoms with Crippen LogP contribution >= 0.6 is 0 Å². The van der Waals surface area contributed by atoms with E-state index < -0.39 is 0 Å². The van der Waals surface area contributed by atoms with Crippen LogP contribution in [-0.4, -0.2) is 25.9 Å². The van der Waals surface area contributed by atoms with Gasteiger partial charge in [-0.2, -0.15) is 0 Å². The molecule has 1 unspecified atom stereocenters. The summed E-state index contributed by atoms with van der Waals surface area (Å²) in [6, 6.07) is 8.12. The van der Waals surface area contributed by atoms with E-state index in [0.29, 0.717) is 6.61 Å². The standard InChI is InChI=1S/C12H17NO2/c1-12(9-14-2)8-13-7-10-5-3-4-6-11(10)15-12/h3-6,13H,7-9H2,1-2H3. The lowest BCUT2D eigenvalue weighted by Crippen LogP contribution is -2.45. The molecule has 0 aromatic heterocycles. The Morgan fingerprint density at radius 2 is 2.27 bits per heavy atom. The van der Waals surface area contributed by atoms with Gasteiger partial charge in [0.2, 0.25) is 0 Å². The molecule has 0 saturated carbocycles. The summed E-state index contributed by atoms with van der Waals surface area (Å²) in [5.41, 5.74) is 0.929. The van der Waals surface area contributed by atoms with Gasteiger partial charge in [0, 0.05) is 25.8 Å². The van der Waals surface area contributed by atoms with Crippen molar-refractivity contribution in [1.29, 1.82) is 0 Å². The van der Waals surface area contributed by atoms with Crippen LogP contribution in [0.4, 0.5) is 0 Å². The van der Waals surface area contributed by atoms with Crippen LogP contribution in [0.1, 0.15) is 12.5 Å². The number of ether oxygens (including phenoxy) is 2. The number of fused-ring (bicyclic) bond motifs is 1. The molecule has 1 aromatic carbocycles. The largest absolute Gasteiger partial charge is 0.483 e. The fourth-order valence-corrected chi connectivity index (χ4v) is 1.90. The van der Waals surface area contributed by atoms with Gasteiger partial charge < -0.3 is 14.8 Å². The van der Waals surface area contributed by atoms with Gasteiger partial charge in [-0.3, -0.25) is 0 Å². The molecule has 0 bridgehead atoms. The summed E-state index contributed by atoms with van der Waals surface area (Å²) in [6.07, 6.45) is 0. The van der Waals surface area contributed by atoms with Crippen LogP contribution in [0.2, 0.25) is 0 Å². The zero-order valence-corrected chi connectivity index (χ0v) is 9.25. The molecule has 3 nitrogen and oxygen atoms in total. The smallest absolute Gasteiger partial charge is 0.142 e. The molecule has 15 heavy (non-hydrogen) atoms. The van der Waals surface area contributed by atoms with Crippen LogP contribution in [0.15, 0.2) is 24.3 Å². The van der Waals surface area contributed by atoms with E-state index in [-0.39, 0.29) is 5.60 Å². The maximum absolute atomic E-state index is 6.00. The minimum absolute atomic E-state index is 0.276. The zero-order chi connectivity index (χ0) is 10.7. The first kappa shape index (κ1) is 10.5. The summed E-state index contributed by atoms with van der Waals surface area (Å²) < 4.78 is 11.2. The second-order valence-electron chi connectivity index (χ2n) is 4.20. The van der Waals surface area contributed by atoms with Crippen molar-refractivity contribution in [3.8, 4) is 5.75 Å². The molecule has 0 aliphatic carbocycles. The first-order valence-electron chi connectivity index (χ1n) is 5.20. The van der Waals surface area contributed by atoms with Crippen molar-refractivity contribution < 1.29 is 9.47 Å². The molecular weight excluding hydrogens is 190 g/mol. The summed E-state index contributed by atoms with van der Waals surface area (Å²) in [5, 5.41) is 3.37. The summed E-state index contributed by atoms with van der Waals surface area (Å²) in [7, 11) is 1.70. The van der Waals surface area contributed by atoms with E-state index in [4.69, 9.17) is 9.47 Å². The van der Waals surface area contributed by atoms with Gasteiger partial charge in [0.25, 0.3) is 0 Å². The SMILES string of the molecule is COCC1(C)CNCc2ccccc2O1. The average Bonchev–Trinajstić information content (AvgIpc) is 2.36. The molecule has 1 aliphatic rings. The Kier molecular flexibility index (Phi) is 2.93. The van der Waals surface area contributed by atoms with Crippen molar-refractivity contribution in [1.82, 2.24) is 5.32 Å². The molecule has 0 radical (unpaired) electrons. The lowest BCUT2D eigenvalue weighted by Gasteiger charge is -2.28. The minimum Gasteiger partial charge on any atom is -0.483 e. The zero-order valence-electron chi connectivity index (χ0n) is 9.25. The van der Waals surface area contributed by atoms with E-state index in [1.54, 1.807) is 7.11 Å². The van der Waals surface area contributed by atoms with Crippen molar-refractivity contribution in [2.24, 2.45) is 0 Å². The second kappa shape index (κ2) is 4.21. The second-order valence-corrected chi connectivity index (χ2v) is 4.20. The van der Waals surface area contributed by atoms with Gasteiger partial charge in [-0.1, -0.05) is 18.2 Å². The monoisotopic (exact) mass is 207 g/mol. The topological polar surface area (TPSA) is 30.5 Å². The Morgan fingerprint density at radius 3 is 3.07 bits per heavy atom. The molecule has 1 heterocycles. The van der Waals surface area contributed by atoms with E-state index in [2.05, 4.69) is 18.3 Å². The Bertz CT molecular complexity index is 340. The summed E-state index contributed by atoms with van der Waals surface area (Å²) in [6.45, 7) is 4.31. The number of benzene rings is 1. The van der Waals surface area contributed by atoms with Gasteiger partial charge in [-0.25, -0.2) is 0 Å². The number of hydrogen-bond acceptors (Lipinski definition) is 3. The minimum atomic E-state index is -0.276. The molecule has 1 N–H and O–H groups in total. The predicted molar refractivity (Wildman–Crippen MR) is 59.1 cm³/mol. The van der Waals surface area contributed by atoms with Crippen LogP contribution in [0.3, 0.4) is 0 Å². The van der Waals surface area contributed by atoms with E-state index >= 15 is 0 Å². The predicted octanol–water partition coefficient (Wildman–Crippen LogP) is 1.57. The van der Waals surface area contributed by atoms with Crippen LogP contribution < -0.4 is 10.1 Å². The lowest BCUT2D eigenvalue weighted by atomic mass is 10.1. The van der Waals surface area contributed by atoms with Gasteiger partial charge in [-0.05, 0) is 13.0 Å². The number of rotatable bonds is 2. The molecular formula is C12H17NO2. The van der Waals surface area contributed by atoms with Crippen LogP contribution in [0, 0.1) is 0 Å². The molecule has 0 saturated heterocycles. The molecule has 1 atom stereocenters. The third-order valence-electron chi connectivity index (χ3n) is 2.59. The number of hydrogen-bond donors (Lipinski definition) is 1. The van der Waals surface area contributed by atoms with E-state index in [1.807, 2.05) is 18.2 Å². The highest BCUT2D eigenvalue weighted by Gasteiger charge is 2.29. The van der Waals surface area contributed by atoms with Crippen LogP contribution in [0.5, 0.6) is 5.75 Å². The Labute approximate surface area is 90.4 Å². The van der Waals surface area contributed by atoms with Crippen molar-refractivity contribution in [2.45, 2.75) is 19.1 Å². The van der Waals surface area contributed by atoms with Crippen molar-refractivity contribution in [3.63, 3.8) is 0 Å². The highest BCUT2D eigenvalue weighted by molar-refractivity contribution is 5.34. The normalized spacial score (nSPS) is 25.2. The molecule has 1 aliphatic heterocycles. The maximum atomic E-state index is 6.00. The summed E-state index contributed by atoms with van der Waals surface area (Å²) in [4.78, 5) is 0. The average molecular weight is 207 g/mol. The van der Waals surface area contributed by atoms with Gasteiger partial charge in [-0.15, -0.1) is 0 Å². The van der Waals surface area contributed by atoms with Crippen molar-refractivity contribution in [3.05, 3.63) is 29.8 Å². The highest BCUT2D eigenvalue weighted by atomic mass is 16.5. The number of methoxy groups -OCH3 is 1. The third-order valence-corrected chi connectivity index (χ3v) is 2.59. The van der Waals surface area contributed by atoms with Gasteiger partial charge in [0.1, 0.15) is 11.4 Å². The molecule has 2 rings (SSSR count). The Morgan fingerprint density at radius 1 is 1.47 bits per heavy atom. The van der Waals surface area contributed by atoms with E-state index in [9.17, 15) is 0 Å². The first-order chi connectivity index (χ1) is 7.23. The summed E-state index contributed by atoms with van der Waals surface area (Å²) >= 11 is 0. The van der Waals surface area contributed by atoms with E-state index in [0.717, 1.165) is 18.8 Å². The maximum Gasteiger partial charge on any atom is 0.142 e. The fraction of sp³-hybridized carbons (Fsp3) is 0.500. The van der Waals surface area contributed by atoms with Crippen LogP contribution in [0.25, 0.3) is 0 Å². The lowest BCUT2D eigenvalue weighted by molar-refractivity contribution is 0.00827. The van der Waals surface area contributed by atoms with Crippen molar-refractivity contribution in [2.75, 3.05) is 20.3 Å². The third kappa shape index (κ3) is 2.30. The summed E-state index contributed by atoms with van der Waals surface area (Å²) in [5.74, 6) is 0.960. The molecule has 1 aromatic rings. The van der Waals surface area contributed by atoms with Crippen LogP contribution in [-0.2, 0) is 11.3 Å². The molecule has 82 valence electrons. The molecule has 0 fully saturated rings. The fourth-order valence-electron chi connectivity index (χ4n) is 1.90. The highest BCUT2D eigenvalue weighted by Crippen LogP contribution is 2.25. The Hall–Kier alpha value is -1.06. The Balaban J connectivity index is 2.24. The van der Waals surface area contributed by atoms with Gasteiger partial charge in [0.15, 0.2) is 0 Å². The number of para-hydroxylation sites is 1. The molecule has 0 amide bonds. The van der Waals surface area contributed by atoms with Gasteiger partial charge in [0.05, 0.1) is 6.61 Å². The molecule has 0 spiro atoms.